The summed E-state index contributed by atoms with van der Waals surface area (Å²) in [4.78, 5) is 8.61. The molecule has 0 saturated heterocycles. The van der Waals surface area contributed by atoms with Gasteiger partial charge in [0.15, 0.2) is 15.7 Å². The predicted molar refractivity (Wildman–Crippen MR) is 84.3 cm³/mol. The Labute approximate surface area is 126 Å². The number of nitrogens with one attached hydrogen (secondary N) is 2. The maximum absolute atomic E-state index is 11.7. The van der Waals surface area contributed by atoms with E-state index >= 15 is 0 Å². The molecule has 1 aromatic rings. The number of hydrogen-bond acceptors (Lipinski definition) is 7. The summed E-state index contributed by atoms with van der Waals surface area (Å²) >= 11 is 0. The Morgan fingerprint density at radius 1 is 1.24 bits per heavy atom. The highest BCUT2D eigenvalue weighted by molar-refractivity contribution is 7.92. The maximum atomic E-state index is 11.7. The molecule has 0 aliphatic heterocycles. The van der Waals surface area contributed by atoms with Gasteiger partial charge in [-0.1, -0.05) is 0 Å². The van der Waals surface area contributed by atoms with Crippen molar-refractivity contribution in [2.45, 2.75) is 32.1 Å². The minimum Gasteiger partial charge on any atom is -0.377 e. The van der Waals surface area contributed by atoms with Gasteiger partial charge in [-0.15, -0.1) is 0 Å². The topological polar surface area (TPSA) is 93.2 Å². The minimum absolute atomic E-state index is 0.265. The van der Waals surface area contributed by atoms with Crippen molar-refractivity contribution in [2.75, 3.05) is 37.1 Å². The summed E-state index contributed by atoms with van der Waals surface area (Å²) in [7, 11) is -1.59. The van der Waals surface area contributed by atoms with Crippen molar-refractivity contribution in [2.24, 2.45) is 0 Å². The fraction of sp³-hybridized carbons (Fsp3) is 0.692. The van der Waals surface area contributed by atoms with E-state index in [0.29, 0.717) is 24.1 Å². The predicted octanol–water partition coefficient (Wildman–Crippen LogP) is 1.29. The molecule has 8 heteroatoms. The molecule has 0 radical (unpaired) electrons. The first kappa shape index (κ1) is 17.6. The molecule has 0 atom stereocenters. The molecule has 1 aromatic heterocycles. The Morgan fingerprint density at radius 3 is 2.29 bits per heavy atom. The summed E-state index contributed by atoms with van der Waals surface area (Å²) in [5.41, 5.74) is 0. The lowest BCUT2D eigenvalue weighted by Gasteiger charge is -2.23. The largest absolute Gasteiger partial charge is 0.377 e. The van der Waals surface area contributed by atoms with Gasteiger partial charge in [-0.3, -0.25) is 0 Å². The monoisotopic (exact) mass is 316 g/mol. The highest BCUT2D eigenvalue weighted by Crippen LogP contribution is 2.17. The van der Waals surface area contributed by atoms with E-state index in [1.165, 1.54) is 6.26 Å². The van der Waals surface area contributed by atoms with Crippen LogP contribution in [-0.2, 0) is 21.2 Å². The van der Waals surface area contributed by atoms with E-state index in [9.17, 15) is 8.42 Å². The van der Waals surface area contributed by atoms with E-state index in [1.54, 1.807) is 27.0 Å². The molecule has 120 valence electrons. The first-order chi connectivity index (χ1) is 9.69. The van der Waals surface area contributed by atoms with Gasteiger partial charge >= 0.3 is 0 Å². The third kappa shape index (κ3) is 5.13. The molecular weight excluding hydrogens is 292 g/mol. The molecular formula is C13H24N4O3S. The van der Waals surface area contributed by atoms with Gasteiger partial charge in [0.25, 0.3) is 0 Å². The van der Waals surface area contributed by atoms with E-state index in [0.717, 1.165) is 6.54 Å². The molecule has 0 aromatic carbocycles. The van der Waals surface area contributed by atoms with Crippen LogP contribution in [0.15, 0.2) is 6.07 Å². The Balaban J connectivity index is 2.92. The van der Waals surface area contributed by atoms with Crippen LogP contribution < -0.4 is 10.6 Å². The van der Waals surface area contributed by atoms with Crippen LogP contribution >= 0.6 is 0 Å². The second kappa shape index (κ2) is 7.04. The Hall–Kier alpha value is -1.41. The summed E-state index contributed by atoms with van der Waals surface area (Å²) < 4.78 is 27.6. The standard InChI is InChI=1S/C13H24N4O3S/c1-6-14-10-7-11(17-12(16-10)8-20-4)15-9-13(2,3)21(5,18)19/h7H,6,8-9H2,1-5H3,(H2,14,15,16,17). The summed E-state index contributed by atoms with van der Waals surface area (Å²) in [6, 6.07) is 1.75. The molecule has 21 heavy (non-hydrogen) atoms. The zero-order valence-electron chi connectivity index (χ0n) is 13.2. The van der Waals surface area contributed by atoms with Crippen LogP contribution in [0.3, 0.4) is 0 Å². The molecule has 0 amide bonds. The number of ether oxygens (including phenoxy) is 1. The zero-order chi connectivity index (χ0) is 16.1. The molecule has 0 saturated carbocycles. The number of anilines is 2. The first-order valence-corrected chi connectivity index (χ1v) is 8.63. The average Bonchev–Trinajstić information content (AvgIpc) is 2.36. The van der Waals surface area contributed by atoms with Gasteiger partial charge in [-0.05, 0) is 20.8 Å². The van der Waals surface area contributed by atoms with E-state index in [4.69, 9.17) is 4.74 Å². The maximum Gasteiger partial charge on any atom is 0.158 e. The lowest BCUT2D eigenvalue weighted by Crippen LogP contribution is -2.38. The molecule has 0 spiro atoms. The molecule has 0 fully saturated rings. The number of sulfone groups is 1. The fourth-order valence-electron chi connectivity index (χ4n) is 1.49. The van der Waals surface area contributed by atoms with Gasteiger partial charge in [0.05, 0.1) is 4.75 Å². The highest BCUT2D eigenvalue weighted by Gasteiger charge is 2.30. The fourth-order valence-corrected chi connectivity index (χ4v) is 1.82. The van der Waals surface area contributed by atoms with Crippen molar-refractivity contribution in [3.05, 3.63) is 11.9 Å². The summed E-state index contributed by atoms with van der Waals surface area (Å²) in [5, 5.41) is 6.17. The quantitative estimate of drug-likeness (QED) is 0.746. The lowest BCUT2D eigenvalue weighted by atomic mass is 10.2. The van der Waals surface area contributed by atoms with E-state index in [2.05, 4.69) is 20.6 Å². The van der Waals surface area contributed by atoms with E-state index < -0.39 is 14.6 Å². The molecule has 7 nitrogen and oxygen atoms in total. The Kier molecular flexibility index (Phi) is 5.91. The number of aromatic nitrogens is 2. The molecule has 0 aliphatic rings. The third-order valence-corrected chi connectivity index (χ3v) is 5.25. The molecule has 1 heterocycles. The molecule has 0 unspecified atom stereocenters. The number of methoxy groups -OCH3 is 1. The van der Waals surface area contributed by atoms with Crippen molar-refractivity contribution < 1.29 is 13.2 Å². The third-order valence-electron chi connectivity index (χ3n) is 3.10. The van der Waals surface area contributed by atoms with Crippen molar-refractivity contribution in [3.63, 3.8) is 0 Å². The second-order valence-corrected chi connectivity index (χ2v) is 8.05. The van der Waals surface area contributed by atoms with Crippen molar-refractivity contribution in [3.8, 4) is 0 Å². The first-order valence-electron chi connectivity index (χ1n) is 6.74. The van der Waals surface area contributed by atoms with Crippen LogP contribution in [0, 0.1) is 0 Å². The highest BCUT2D eigenvalue weighted by atomic mass is 32.2. The summed E-state index contributed by atoms with van der Waals surface area (Å²) in [6.07, 6.45) is 1.23. The molecule has 0 bridgehead atoms. The van der Waals surface area contributed by atoms with Crippen LogP contribution in [0.2, 0.25) is 0 Å². The SMILES string of the molecule is CCNc1cc(NCC(C)(C)S(C)(=O)=O)nc(COC)n1. The van der Waals surface area contributed by atoms with Crippen molar-refractivity contribution >= 4 is 21.5 Å². The minimum atomic E-state index is -3.16. The number of rotatable bonds is 8. The lowest BCUT2D eigenvalue weighted by molar-refractivity contribution is 0.178. The van der Waals surface area contributed by atoms with Crippen LogP contribution in [0.4, 0.5) is 11.6 Å². The summed E-state index contributed by atoms with van der Waals surface area (Å²) in [5.74, 6) is 1.79. The molecule has 1 rings (SSSR count). The normalized spacial score (nSPS) is 12.2. The van der Waals surface area contributed by atoms with Gasteiger partial charge < -0.3 is 15.4 Å². The number of hydrogen-bond donors (Lipinski definition) is 2. The van der Waals surface area contributed by atoms with Crippen molar-refractivity contribution in [1.82, 2.24) is 9.97 Å². The van der Waals surface area contributed by atoms with E-state index in [-0.39, 0.29) is 6.54 Å². The van der Waals surface area contributed by atoms with Gasteiger partial charge in [-0.25, -0.2) is 18.4 Å². The van der Waals surface area contributed by atoms with Crippen molar-refractivity contribution in [1.29, 1.82) is 0 Å². The summed E-state index contributed by atoms with van der Waals surface area (Å²) in [6.45, 7) is 6.62. The molecule has 2 N–H and O–H groups in total. The van der Waals surface area contributed by atoms with Crippen LogP contribution in [0.25, 0.3) is 0 Å². The second-order valence-electron chi connectivity index (χ2n) is 5.40. The average molecular weight is 316 g/mol. The Morgan fingerprint density at radius 2 is 1.81 bits per heavy atom. The van der Waals surface area contributed by atoms with Gasteiger partial charge in [0.1, 0.15) is 18.2 Å². The van der Waals surface area contributed by atoms with E-state index in [1.807, 2.05) is 6.92 Å². The smallest absolute Gasteiger partial charge is 0.158 e. The van der Waals surface area contributed by atoms with Gasteiger partial charge in [0, 0.05) is 32.5 Å². The van der Waals surface area contributed by atoms with Crippen LogP contribution in [-0.4, -0.2) is 49.6 Å². The van der Waals surface area contributed by atoms with Gasteiger partial charge in [0.2, 0.25) is 0 Å². The molecule has 0 aliphatic carbocycles. The zero-order valence-corrected chi connectivity index (χ0v) is 14.0. The number of nitrogens with zero attached hydrogens (tertiary/aromatic N) is 2. The van der Waals surface area contributed by atoms with Crippen LogP contribution in [0.5, 0.6) is 0 Å². The Bertz CT molecular complexity index is 549. The van der Waals surface area contributed by atoms with Crippen LogP contribution in [0.1, 0.15) is 26.6 Å². The van der Waals surface area contributed by atoms with Gasteiger partial charge in [-0.2, -0.15) is 0 Å².